The average Bonchev–Trinajstić information content (AvgIpc) is 2.78. The van der Waals surface area contributed by atoms with Gasteiger partial charge in [0.25, 0.3) is 0 Å². The number of fused-ring (bicyclic) bond motifs is 5. The first-order valence-corrected chi connectivity index (χ1v) is 7.43. The molecule has 2 aromatic carbocycles. The second-order valence-electron chi connectivity index (χ2n) is 5.69. The number of aromatic nitrogens is 1. The predicted molar refractivity (Wildman–Crippen MR) is 90.4 cm³/mol. The van der Waals surface area contributed by atoms with E-state index < -0.39 is 0 Å². The third-order valence-electron chi connectivity index (χ3n) is 4.03. The van der Waals surface area contributed by atoms with Gasteiger partial charge >= 0.3 is 0 Å². The zero-order valence-corrected chi connectivity index (χ0v) is 12.6. The van der Waals surface area contributed by atoms with Crippen LogP contribution in [0.5, 0.6) is 0 Å². The normalized spacial score (nSPS) is 13.0. The van der Waals surface area contributed by atoms with Crippen LogP contribution in [0, 0.1) is 0 Å². The number of H-pyrrole nitrogens is 1. The van der Waals surface area contributed by atoms with E-state index >= 15 is 0 Å². The zero-order valence-electron chi connectivity index (χ0n) is 12.6. The van der Waals surface area contributed by atoms with Gasteiger partial charge in [-0.25, -0.2) is 0 Å². The van der Waals surface area contributed by atoms with Crippen molar-refractivity contribution >= 4 is 34.1 Å². The Hall–Kier alpha value is -3.08. The molecule has 3 aromatic rings. The van der Waals surface area contributed by atoms with Crippen molar-refractivity contribution in [3.8, 4) is 11.3 Å². The summed E-state index contributed by atoms with van der Waals surface area (Å²) in [6, 6.07) is 13.4. The number of hydrogen-bond acceptors (Lipinski definition) is 2. The lowest BCUT2D eigenvalue weighted by Gasteiger charge is -2.05. The standard InChI is InChI=1S/C18H15N3O2/c1-10(22)19-11-6-7-16-13(8-11)14-9-17(23)20-15-5-3-2-4-12(15)18(14)21-16/h2-8,21H,9H2,1H3,(H,19,22)(H,20,23). The van der Waals surface area contributed by atoms with Gasteiger partial charge in [0.15, 0.2) is 0 Å². The Labute approximate surface area is 132 Å². The Morgan fingerprint density at radius 1 is 1.17 bits per heavy atom. The van der Waals surface area contributed by atoms with E-state index in [-0.39, 0.29) is 11.8 Å². The molecule has 0 saturated carbocycles. The number of carbonyl (C=O) groups is 2. The van der Waals surface area contributed by atoms with Crippen LogP contribution in [0.4, 0.5) is 11.4 Å². The van der Waals surface area contributed by atoms with Crippen molar-refractivity contribution in [2.24, 2.45) is 0 Å². The minimum Gasteiger partial charge on any atom is -0.354 e. The number of benzene rings is 2. The third-order valence-corrected chi connectivity index (χ3v) is 4.03. The highest BCUT2D eigenvalue weighted by molar-refractivity contribution is 6.06. The Bertz CT molecular complexity index is 956. The molecule has 0 spiro atoms. The highest BCUT2D eigenvalue weighted by Crippen LogP contribution is 2.37. The van der Waals surface area contributed by atoms with Crippen molar-refractivity contribution in [1.82, 2.24) is 4.98 Å². The predicted octanol–water partition coefficient (Wildman–Crippen LogP) is 3.29. The van der Waals surface area contributed by atoms with E-state index in [0.29, 0.717) is 6.42 Å². The van der Waals surface area contributed by atoms with E-state index in [2.05, 4.69) is 15.6 Å². The van der Waals surface area contributed by atoms with Crippen LogP contribution in [0.1, 0.15) is 12.5 Å². The molecule has 1 aliphatic heterocycles. The first-order valence-electron chi connectivity index (χ1n) is 7.43. The summed E-state index contributed by atoms with van der Waals surface area (Å²) >= 11 is 0. The van der Waals surface area contributed by atoms with Gasteiger partial charge in [0.2, 0.25) is 11.8 Å². The van der Waals surface area contributed by atoms with Crippen molar-refractivity contribution in [2.45, 2.75) is 13.3 Å². The van der Waals surface area contributed by atoms with Gasteiger partial charge in [0.05, 0.1) is 17.8 Å². The van der Waals surface area contributed by atoms with E-state index in [1.807, 2.05) is 42.5 Å². The van der Waals surface area contributed by atoms with Crippen LogP contribution in [0.3, 0.4) is 0 Å². The SMILES string of the molecule is CC(=O)Nc1ccc2[nH]c3c(c2c1)CC(=O)Nc1ccccc1-3. The number of anilines is 2. The summed E-state index contributed by atoms with van der Waals surface area (Å²) in [5.74, 6) is -0.156. The molecule has 3 N–H and O–H groups in total. The molecule has 0 saturated heterocycles. The van der Waals surface area contributed by atoms with Crippen LogP contribution in [0.25, 0.3) is 22.2 Å². The highest BCUT2D eigenvalue weighted by Gasteiger charge is 2.22. The van der Waals surface area contributed by atoms with Crippen LogP contribution in [0.2, 0.25) is 0 Å². The fourth-order valence-corrected chi connectivity index (χ4v) is 3.11. The topological polar surface area (TPSA) is 74.0 Å². The second-order valence-corrected chi connectivity index (χ2v) is 5.69. The van der Waals surface area contributed by atoms with Crippen LogP contribution < -0.4 is 10.6 Å². The van der Waals surface area contributed by atoms with Gasteiger partial charge in [0.1, 0.15) is 0 Å². The van der Waals surface area contributed by atoms with E-state index in [0.717, 1.165) is 39.1 Å². The van der Waals surface area contributed by atoms with Gasteiger partial charge in [-0.3, -0.25) is 9.59 Å². The van der Waals surface area contributed by atoms with Crippen molar-refractivity contribution in [3.05, 3.63) is 48.0 Å². The maximum absolute atomic E-state index is 12.2. The number of nitrogens with one attached hydrogen (secondary N) is 3. The fourth-order valence-electron chi connectivity index (χ4n) is 3.11. The van der Waals surface area contributed by atoms with Crippen molar-refractivity contribution in [3.63, 3.8) is 0 Å². The number of para-hydroxylation sites is 1. The molecule has 0 aliphatic carbocycles. The quantitative estimate of drug-likeness (QED) is 0.645. The first kappa shape index (κ1) is 13.6. The first-order chi connectivity index (χ1) is 11.1. The number of hydrogen-bond donors (Lipinski definition) is 3. The molecule has 0 radical (unpaired) electrons. The number of amides is 2. The van der Waals surface area contributed by atoms with E-state index in [4.69, 9.17) is 0 Å². The summed E-state index contributed by atoms with van der Waals surface area (Å²) in [6.45, 7) is 1.48. The summed E-state index contributed by atoms with van der Waals surface area (Å²) in [6.07, 6.45) is 0.299. The summed E-state index contributed by atoms with van der Waals surface area (Å²) in [4.78, 5) is 26.9. The van der Waals surface area contributed by atoms with Crippen LogP contribution >= 0.6 is 0 Å². The van der Waals surface area contributed by atoms with E-state index in [1.165, 1.54) is 6.92 Å². The van der Waals surface area contributed by atoms with E-state index in [1.54, 1.807) is 0 Å². The molecule has 4 rings (SSSR count). The fraction of sp³-hybridized carbons (Fsp3) is 0.111. The summed E-state index contributed by atoms with van der Waals surface area (Å²) < 4.78 is 0. The molecule has 5 heteroatoms. The maximum Gasteiger partial charge on any atom is 0.228 e. The summed E-state index contributed by atoms with van der Waals surface area (Å²) in [5, 5.41) is 6.68. The van der Waals surface area contributed by atoms with Crippen LogP contribution in [0.15, 0.2) is 42.5 Å². The number of aromatic amines is 1. The molecule has 0 atom stereocenters. The average molecular weight is 305 g/mol. The maximum atomic E-state index is 12.2. The van der Waals surface area contributed by atoms with Crippen molar-refractivity contribution in [2.75, 3.05) is 10.6 Å². The van der Waals surface area contributed by atoms with Crippen molar-refractivity contribution in [1.29, 1.82) is 0 Å². The van der Waals surface area contributed by atoms with Crippen LogP contribution in [-0.2, 0) is 16.0 Å². The molecule has 2 amide bonds. The van der Waals surface area contributed by atoms with Gasteiger partial charge in [-0.1, -0.05) is 18.2 Å². The Morgan fingerprint density at radius 3 is 2.83 bits per heavy atom. The van der Waals surface area contributed by atoms with Crippen molar-refractivity contribution < 1.29 is 9.59 Å². The van der Waals surface area contributed by atoms with Gasteiger partial charge in [0, 0.05) is 29.1 Å². The molecule has 0 bridgehead atoms. The molecule has 0 unspecified atom stereocenters. The molecule has 23 heavy (non-hydrogen) atoms. The number of carbonyl (C=O) groups excluding carboxylic acids is 2. The van der Waals surface area contributed by atoms with Gasteiger partial charge < -0.3 is 15.6 Å². The Morgan fingerprint density at radius 2 is 2.00 bits per heavy atom. The molecular weight excluding hydrogens is 290 g/mol. The zero-order chi connectivity index (χ0) is 16.0. The van der Waals surface area contributed by atoms with Gasteiger partial charge in [-0.15, -0.1) is 0 Å². The third kappa shape index (κ3) is 2.26. The molecule has 0 fully saturated rings. The minimum absolute atomic E-state index is 0.0398. The Kier molecular flexibility index (Phi) is 2.94. The molecule has 2 heterocycles. The molecular formula is C18H15N3O2. The smallest absolute Gasteiger partial charge is 0.228 e. The Balaban J connectivity index is 1.96. The van der Waals surface area contributed by atoms with Gasteiger partial charge in [-0.05, 0) is 29.8 Å². The lowest BCUT2D eigenvalue weighted by Crippen LogP contribution is -2.12. The minimum atomic E-state index is -0.117. The lowest BCUT2D eigenvalue weighted by molar-refractivity contribution is -0.115. The summed E-state index contributed by atoms with van der Waals surface area (Å²) in [5.41, 5.74) is 5.37. The monoisotopic (exact) mass is 305 g/mol. The number of rotatable bonds is 1. The molecule has 1 aromatic heterocycles. The summed E-state index contributed by atoms with van der Waals surface area (Å²) in [7, 11) is 0. The van der Waals surface area contributed by atoms with Crippen LogP contribution in [-0.4, -0.2) is 16.8 Å². The lowest BCUT2D eigenvalue weighted by atomic mass is 10.0. The molecule has 114 valence electrons. The second kappa shape index (κ2) is 4.98. The molecule has 1 aliphatic rings. The molecule has 5 nitrogen and oxygen atoms in total. The van der Waals surface area contributed by atoms with E-state index in [9.17, 15) is 9.59 Å². The largest absolute Gasteiger partial charge is 0.354 e. The highest BCUT2D eigenvalue weighted by atomic mass is 16.2. The van der Waals surface area contributed by atoms with Gasteiger partial charge in [-0.2, -0.15) is 0 Å².